The topological polar surface area (TPSA) is 12.9 Å². The van der Waals surface area contributed by atoms with Crippen LogP contribution >= 0.6 is 0 Å². The van der Waals surface area contributed by atoms with E-state index in [0.717, 1.165) is 17.7 Å². The van der Waals surface area contributed by atoms with E-state index in [4.69, 9.17) is 4.98 Å². The predicted octanol–water partition coefficient (Wildman–Crippen LogP) is 5.62. The number of hydrogen-bond acceptors (Lipinski definition) is 1. The van der Waals surface area contributed by atoms with E-state index in [1.54, 1.807) is 0 Å². The molecule has 1 nitrogen and oxygen atoms in total. The molecular formula is C18H29N. The molecule has 1 unspecified atom stereocenters. The number of pyridine rings is 1. The number of aromatic nitrogens is 1. The Morgan fingerprint density at radius 1 is 1.21 bits per heavy atom. The molecule has 1 aromatic heterocycles. The molecule has 1 heterocycles. The quantitative estimate of drug-likeness (QED) is 0.669. The molecule has 0 aromatic carbocycles. The molecule has 1 rings (SSSR count). The van der Waals surface area contributed by atoms with Crippen molar-refractivity contribution < 1.29 is 0 Å². The highest BCUT2D eigenvalue weighted by atomic mass is 14.7. The molecule has 1 aromatic rings. The van der Waals surface area contributed by atoms with Crippen LogP contribution in [0.2, 0.25) is 0 Å². The lowest BCUT2D eigenvalue weighted by molar-refractivity contribution is 0.413. The first-order valence-corrected chi connectivity index (χ1v) is 7.33. The summed E-state index contributed by atoms with van der Waals surface area (Å²) in [4.78, 5) is 4.70. The lowest BCUT2D eigenvalue weighted by atomic mass is 9.93. The van der Waals surface area contributed by atoms with Crippen LogP contribution in [0.5, 0.6) is 0 Å². The zero-order valence-corrected chi connectivity index (χ0v) is 13.4. The fraction of sp³-hybridized carbons (Fsp3) is 0.500. The Labute approximate surface area is 119 Å². The van der Waals surface area contributed by atoms with Gasteiger partial charge in [-0.1, -0.05) is 59.4 Å². The van der Waals surface area contributed by atoms with E-state index in [2.05, 4.69) is 39.5 Å². The van der Waals surface area contributed by atoms with E-state index in [1.165, 1.54) is 5.69 Å². The van der Waals surface area contributed by atoms with Crippen LogP contribution in [0.3, 0.4) is 0 Å². The molecule has 0 radical (unpaired) electrons. The highest BCUT2D eigenvalue weighted by molar-refractivity contribution is 5.61. The average molecular weight is 259 g/mol. The Bertz CT molecular complexity index is 402. The third-order valence-corrected chi connectivity index (χ3v) is 3.23. The zero-order chi connectivity index (χ0) is 14.8. The van der Waals surface area contributed by atoms with E-state index in [-0.39, 0.29) is 0 Å². The van der Waals surface area contributed by atoms with Gasteiger partial charge in [0.25, 0.3) is 0 Å². The number of rotatable bonds is 5. The summed E-state index contributed by atoms with van der Waals surface area (Å²) in [5.41, 5.74) is 3.30. The van der Waals surface area contributed by atoms with Gasteiger partial charge in [-0.3, -0.25) is 4.98 Å². The van der Waals surface area contributed by atoms with Gasteiger partial charge >= 0.3 is 0 Å². The van der Waals surface area contributed by atoms with Crippen LogP contribution in [0.15, 0.2) is 24.8 Å². The molecule has 106 valence electrons. The van der Waals surface area contributed by atoms with E-state index >= 15 is 0 Å². The van der Waals surface area contributed by atoms with Gasteiger partial charge in [0.15, 0.2) is 0 Å². The molecule has 0 amide bonds. The molecule has 0 spiro atoms. The second kappa shape index (κ2) is 9.55. The summed E-state index contributed by atoms with van der Waals surface area (Å²) in [5.74, 6) is 1.36. The smallest absolute Gasteiger partial charge is 0.0701 e. The lowest BCUT2D eigenvalue weighted by Crippen LogP contribution is -2.09. The van der Waals surface area contributed by atoms with Crippen molar-refractivity contribution in [2.75, 3.05) is 0 Å². The molecular weight excluding hydrogens is 230 g/mol. The van der Waals surface area contributed by atoms with Crippen LogP contribution in [0.25, 0.3) is 12.2 Å². The van der Waals surface area contributed by atoms with Crippen molar-refractivity contribution in [1.29, 1.82) is 0 Å². The van der Waals surface area contributed by atoms with Crippen molar-refractivity contribution in [3.8, 4) is 0 Å². The molecule has 1 atom stereocenters. The van der Waals surface area contributed by atoms with Crippen LogP contribution in [0, 0.1) is 11.8 Å². The molecule has 0 N–H and O–H groups in total. The summed E-state index contributed by atoms with van der Waals surface area (Å²) in [5, 5.41) is 0. The third-order valence-electron chi connectivity index (χ3n) is 3.23. The van der Waals surface area contributed by atoms with Gasteiger partial charge in [0.05, 0.1) is 5.69 Å². The highest BCUT2D eigenvalue weighted by Crippen LogP contribution is 2.18. The molecule has 0 bridgehead atoms. The van der Waals surface area contributed by atoms with Gasteiger partial charge in [-0.15, -0.1) is 0 Å². The standard InChI is InChI=1S/C16H23N.C2H6/c1-6-8-16-14(7-2)9-10-15(17-16)11-13(5)12(3)4;1-2/h6-10,12-13H,2,11H2,1,3-5H3;1-2H3/b8-6-;. The SMILES string of the molecule is C=Cc1ccc(CC(C)C(C)C)nc1/C=C\C.CC. The Morgan fingerprint density at radius 3 is 2.32 bits per heavy atom. The van der Waals surface area contributed by atoms with Gasteiger partial charge in [-0.2, -0.15) is 0 Å². The van der Waals surface area contributed by atoms with Crippen molar-refractivity contribution >= 4 is 12.2 Å². The second-order valence-electron chi connectivity index (χ2n) is 4.91. The van der Waals surface area contributed by atoms with Crippen LogP contribution in [0.4, 0.5) is 0 Å². The van der Waals surface area contributed by atoms with Gasteiger partial charge in [0.2, 0.25) is 0 Å². The molecule has 0 aliphatic carbocycles. The number of allylic oxidation sites excluding steroid dienone is 1. The maximum absolute atomic E-state index is 4.70. The Kier molecular flexibility index (Phi) is 8.86. The van der Waals surface area contributed by atoms with Gasteiger partial charge in [-0.05, 0) is 42.9 Å². The monoisotopic (exact) mass is 259 g/mol. The molecule has 0 aliphatic rings. The minimum Gasteiger partial charge on any atom is -0.253 e. The summed E-state index contributed by atoms with van der Waals surface area (Å²) in [6.07, 6.45) is 6.96. The predicted molar refractivity (Wildman–Crippen MR) is 88.1 cm³/mol. The van der Waals surface area contributed by atoms with E-state index in [0.29, 0.717) is 11.8 Å². The van der Waals surface area contributed by atoms with Crippen LogP contribution in [-0.4, -0.2) is 4.98 Å². The van der Waals surface area contributed by atoms with E-state index in [9.17, 15) is 0 Å². The molecule has 0 aliphatic heterocycles. The first kappa shape index (κ1) is 17.6. The van der Waals surface area contributed by atoms with Gasteiger partial charge in [0, 0.05) is 5.69 Å². The highest BCUT2D eigenvalue weighted by Gasteiger charge is 2.09. The number of nitrogens with zero attached hydrogens (tertiary/aromatic N) is 1. The molecule has 19 heavy (non-hydrogen) atoms. The van der Waals surface area contributed by atoms with Crippen LogP contribution in [0.1, 0.15) is 58.5 Å². The van der Waals surface area contributed by atoms with Crippen LogP contribution in [-0.2, 0) is 6.42 Å². The third kappa shape index (κ3) is 5.87. The maximum atomic E-state index is 4.70. The van der Waals surface area contributed by atoms with E-state index in [1.807, 2.05) is 39.0 Å². The Morgan fingerprint density at radius 2 is 1.84 bits per heavy atom. The van der Waals surface area contributed by atoms with Crippen molar-refractivity contribution in [2.24, 2.45) is 11.8 Å². The van der Waals surface area contributed by atoms with Crippen molar-refractivity contribution in [3.63, 3.8) is 0 Å². The Balaban J connectivity index is 0.00000154. The maximum Gasteiger partial charge on any atom is 0.0701 e. The first-order chi connectivity index (χ1) is 9.08. The number of hydrogen-bond donors (Lipinski definition) is 0. The molecule has 0 saturated heterocycles. The minimum atomic E-state index is 0.663. The lowest BCUT2D eigenvalue weighted by Gasteiger charge is -2.15. The normalized spacial score (nSPS) is 12.2. The Hall–Kier alpha value is -1.37. The van der Waals surface area contributed by atoms with Crippen LogP contribution < -0.4 is 0 Å². The first-order valence-electron chi connectivity index (χ1n) is 7.33. The second-order valence-corrected chi connectivity index (χ2v) is 4.91. The summed E-state index contributed by atoms with van der Waals surface area (Å²) in [7, 11) is 0. The van der Waals surface area contributed by atoms with Gasteiger partial charge < -0.3 is 0 Å². The minimum absolute atomic E-state index is 0.663. The van der Waals surface area contributed by atoms with Crippen molar-refractivity contribution in [3.05, 3.63) is 41.7 Å². The zero-order valence-electron chi connectivity index (χ0n) is 13.4. The summed E-state index contributed by atoms with van der Waals surface area (Å²) >= 11 is 0. The fourth-order valence-corrected chi connectivity index (χ4v) is 1.67. The van der Waals surface area contributed by atoms with Crippen molar-refractivity contribution in [2.45, 2.75) is 48.0 Å². The summed E-state index contributed by atoms with van der Waals surface area (Å²) in [6, 6.07) is 4.22. The molecule has 1 heteroatoms. The average Bonchev–Trinajstić information content (AvgIpc) is 2.41. The largest absolute Gasteiger partial charge is 0.253 e. The van der Waals surface area contributed by atoms with E-state index < -0.39 is 0 Å². The molecule has 0 saturated carbocycles. The van der Waals surface area contributed by atoms with Gasteiger partial charge in [0.1, 0.15) is 0 Å². The summed E-state index contributed by atoms with van der Waals surface area (Å²) in [6.45, 7) is 16.6. The summed E-state index contributed by atoms with van der Waals surface area (Å²) < 4.78 is 0. The van der Waals surface area contributed by atoms with Gasteiger partial charge in [-0.25, -0.2) is 0 Å². The van der Waals surface area contributed by atoms with Crippen molar-refractivity contribution in [1.82, 2.24) is 4.98 Å². The fourth-order valence-electron chi connectivity index (χ4n) is 1.67. The molecule has 0 fully saturated rings.